The molecule has 0 aliphatic carbocycles. The van der Waals surface area contributed by atoms with Gasteiger partial charge in [-0.15, -0.1) is 0 Å². The average Bonchev–Trinajstić information content (AvgIpc) is 2.79. The Bertz CT molecular complexity index is 315. The lowest BCUT2D eigenvalue weighted by Gasteiger charge is -2.29. The van der Waals surface area contributed by atoms with E-state index in [-0.39, 0.29) is 0 Å². The van der Waals surface area contributed by atoms with Crippen LogP contribution in [0, 0.1) is 0 Å². The summed E-state index contributed by atoms with van der Waals surface area (Å²) in [6.45, 7) is 10.1. The number of hydrogen-bond acceptors (Lipinski definition) is 3. The highest BCUT2D eigenvalue weighted by molar-refractivity contribution is 5.05. The van der Waals surface area contributed by atoms with Crippen LogP contribution in [-0.4, -0.2) is 47.6 Å². The Kier molecular flexibility index (Phi) is 3.96. The molecular formula is C12H22N4. The minimum atomic E-state index is 0.499. The van der Waals surface area contributed by atoms with Crippen molar-refractivity contribution in [3.63, 3.8) is 0 Å². The van der Waals surface area contributed by atoms with Crippen LogP contribution in [-0.2, 0) is 6.42 Å². The van der Waals surface area contributed by atoms with Gasteiger partial charge in [-0.3, -0.25) is 0 Å². The number of piperazine rings is 1. The van der Waals surface area contributed by atoms with Crippen molar-refractivity contribution >= 4 is 0 Å². The lowest BCUT2D eigenvalue weighted by atomic mass is 10.1. The van der Waals surface area contributed by atoms with Gasteiger partial charge in [-0.25, -0.2) is 4.98 Å². The second-order valence-corrected chi connectivity index (χ2v) is 4.60. The predicted molar refractivity (Wildman–Crippen MR) is 65.7 cm³/mol. The summed E-state index contributed by atoms with van der Waals surface area (Å²) < 4.78 is 0. The largest absolute Gasteiger partial charge is 0.346 e. The van der Waals surface area contributed by atoms with Crippen molar-refractivity contribution in [2.24, 2.45) is 0 Å². The van der Waals surface area contributed by atoms with Gasteiger partial charge in [-0.05, 0) is 6.42 Å². The van der Waals surface area contributed by atoms with Crippen LogP contribution in [0.5, 0.6) is 0 Å². The molecule has 1 saturated heterocycles. The number of rotatable bonds is 4. The molecule has 1 aliphatic rings. The van der Waals surface area contributed by atoms with Crippen molar-refractivity contribution in [2.45, 2.75) is 26.2 Å². The molecule has 4 nitrogen and oxygen atoms in total. The number of nitrogens with zero attached hydrogens (tertiary/aromatic N) is 2. The van der Waals surface area contributed by atoms with Gasteiger partial charge in [0.2, 0.25) is 0 Å². The van der Waals surface area contributed by atoms with Crippen LogP contribution >= 0.6 is 0 Å². The van der Waals surface area contributed by atoms with E-state index in [2.05, 4.69) is 34.0 Å². The third-order valence-corrected chi connectivity index (χ3v) is 3.24. The molecule has 0 saturated carbocycles. The van der Waals surface area contributed by atoms with Gasteiger partial charge < -0.3 is 15.2 Å². The molecule has 1 aromatic rings. The van der Waals surface area contributed by atoms with Crippen LogP contribution in [0.2, 0.25) is 0 Å². The van der Waals surface area contributed by atoms with E-state index >= 15 is 0 Å². The maximum Gasteiger partial charge on any atom is 0.110 e. The highest BCUT2D eigenvalue weighted by atomic mass is 15.2. The first-order chi connectivity index (χ1) is 7.79. The quantitative estimate of drug-likeness (QED) is 0.798. The minimum absolute atomic E-state index is 0.499. The summed E-state index contributed by atoms with van der Waals surface area (Å²) in [4.78, 5) is 10.4. The Morgan fingerprint density at radius 2 is 2.19 bits per heavy atom. The number of nitrogens with one attached hydrogen (secondary N) is 2. The SMILES string of the molecule is CCc1cnc(C(C)CN2CCNCC2)[nH]1. The molecule has 0 aromatic carbocycles. The number of aryl methyl sites for hydroxylation is 1. The molecule has 1 atom stereocenters. The van der Waals surface area contributed by atoms with Crippen LogP contribution in [0.4, 0.5) is 0 Å². The van der Waals surface area contributed by atoms with Gasteiger partial charge in [0, 0.05) is 50.5 Å². The molecule has 0 bridgehead atoms. The van der Waals surface area contributed by atoms with E-state index in [9.17, 15) is 0 Å². The Labute approximate surface area is 97.4 Å². The van der Waals surface area contributed by atoms with Gasteiger partial charge in [0.05, 0.1) is 0 Å². The van der Waals surface area contributed by atoms with Crippen molar-refractivity contribution in [2.75, 3.05) is 32.7 Å². The van der Waals surface area contributed by atoms with E-state index in [1.807, 2.05) is 6.20 Å². The first-order valence-corrected chi connectivity index (χ1v) is 6.26. The van der Waals surface area contributed by atoms with Crippen molar-refractivity contribution in [1.82, 2.24) is 20.2 Å². The molecule has 2 heterocycles. The summed E-state index contributed by atoms with van der Waals surface area (Å²) in [6, 6.07) is 0. The van der Waals surface area contributed by atoms with E-state index in [0.717, 1.165) is 45.0 Å². The molecule has 0 radical (unpaired) electrons. The fraction of sp³-hybridized carbons (Fsp3) is 0.750. The summed E-state index contributed by atoms with van der Waals surface area (Å²) >= 11 is 0. The first kappa shape index (κ1) is 11.6. The Balaban J connectivity index is 1.88. The average molecular weight is 222 g/mol. The summed E-state index contributed by atoms with van der Waals surface area (Å²) in [7, 11) is 0. The predicted octanol–water partition coefficient (Wildman–Crippen LogP) is 0.981. The molecule has 1 unspecified atom stereocenters. The molecule has 2 rings (SSSR count). The number of aromatic amines is 1. The van der Waals surface area contributed by atoms with Gasteiger partial charge in [-0.1, -0.05) is 13.8 Å². The van der Waals surface area contributed by atoms with Crippen molar-refractivity contribution in [3.05, 3.63) is 17.7 Å². The normalized spacial score (nSPS) is 19.9. The fourth-order valence-electron chi connectivity index (χ4n) is 2.17. The monoisotopic (exact) mass is 222 g/mol. The van der Waals surface area contributed by atoms with Crippen molar-refractivity contribution < 1.29 is 0 Å². The zero-order valence-corrected chi connectivity index (χ0v) is 10.3. The smallest absolute Gasteiger partial charge is 0.110 e. The standard InChI is InChI=1S/C12H22N4/c1-3-11-8-14-12(15-11)10(2)9-16-6-4-13-5-7-16/h8,10,13H,3-7,9H2,1-2H3,(H,14,15). The number of aromatic nitrogens is 2. The minimum Gasteiger partial charge on any atom is -0.346 e. The first-order valence-electron chi connectivity index (χ1n) is 6.26. The highest BCUT2D eigenvalue weighted by Crippen LogP contribution is 2.13. The van der Waals surface area contributed by atoms with E-state index in [1.165, 1.54) is 5.69 Å². The number of imidazole rings is 1. The molecule has 90 valence electrons. The summed E-state index contributed by atoms with van der Waals surface area (Å²) in [5.41, 5.74) is 1.24. The maximum absolute atomic E-state index is 4.45. The molecule has 1 fully saturated rings. The summed E-state index contributed by atoms with van der Waals surface area (Å²) in [5.74, 6) is 1.63. The van der Waals surface area contributed by atoms with Gasteiger partial charge in [0.15, 0.2) is 0 Å². The highest BCUT2D eigenvalue weighted by Gasteiger charge is 2.16. The Morgan fingerprint density at radius 1 is 1.44 bits per heavy atom. The number of hydrogen-bond donors (Lipinski definition) is 2. The van der Waals surface area contributed by atoms with E-state index in [0.29, 0.717) is 5.92 Å². The van der Waals surface area contributed by atoms with Gasteiger partial charge in [0.1, 0.15) is 5.82 Å². The topological polar surface area (TPSA) is 44.0 Å². The number of H-pyrrole nitrogens is 1. The van der Waals surface area contributed by atoms with Gasteiger partial charge >= 0.3 is 0 Å². The van der Waals surface area contributed by atoms with Crippen LogP contribution < -0.4 is 5.32 Å². The van der Waals surface area contributed by atoms with Gasteiger partial charge in [0.25, 0.3) is 0 Å². The maximum atomic E-state index is 4.45. The fourth-order valence-corrected chi connectivity index (χ4v) is 2.17. The van der Waals surface area contributed by atoms with Crippen LogP contribution in [0.25, 0.3) is 0 Å². The van der Waals surface area contributed by atoms with Crippen molar-refractivity contribution in [1.29, 1.82) is 0 Å². The summed E-state index contributed by atoms with van der Waals surface area (Å²) in [5, 5.41) is 3.38. The lowest BCUT2D eigenvalue weighted by molar-refractivity contribution is 0.228. The third kappa shape index (κ3) is 2.83. The van der Waals surface area contributed by atoms with Crippen LogP contribution in [0.1, 0.15) is 31.3 Å². The second-order valence-electron chi connectivity index (χ2n) is 4.60. The zero-order chi connectivity index (χ0) is 11.4. The second kappa shape index (κ2) is 5.46. The molecule has 1 aromatic heterocycles. The summed E-state index contributed by atoms with van der Waals surface area (Å²) in [6.07, 6.45) is 3.00. The van der Waals surface area contributed by atoms with Crippen LogP contribution in [0.3, 0.4) is 0 Å². The van der Waals surface area contributed by atoms with Crippen LogP contribution in [0.15, 0.2) is 6.20 Å². The lowest BCUT2D eigenvalue weighted by Crippen LogP contribution is -2.44. The third-order valence-electron chi connectivity index (χ3n) is 3.24. The van der Waals surface area contributed by atoms with E-state index < -0.39 is 0 Å². The van der Waals surface area contributed by atoms with E-state index in [1.54, 1.807) is 0 Å². The zero-order valence-electron chi connectivity index (χ0n) is 10.3. The van der Waals surface area contributed by atoms with Gasteiger partial charge in [-0.2, -0.15) is 0 Å². The molecular weight excluding hydrogens is 200 g/mol. The molecule has 0 spiro atoms. The van der Waals surface area contributed by atoms with E-state index in [4.69, 9.17) is 0 Å². The molecule has 4 heteroatoms. The Morgan fingerprint density at radius 3 is 2.81 bits per heavy atom. The molecule has 16 heavy (non-hydrogen) atoms. The molecule has 1 aliphatic heterocycles. The molecule has 0 amide bonds. The van der Waals surface area contributed by atoms with Crippen molar-refractivity contribution in [3.8, 4) is 0 Å². The molecule has 2 N–H and O–H groups in total. The Hall–Kier alpha value is -0.870.